The Hall–Kier alpha value is -2.56. The summed E-state index contributed by atoms with van der Waals surface area (Å²) in [6.07, 6.45) is 1.81. The van der Waals surface area contributed by atoms with E-state index in [9.17, 15) is 22.8 Å². The Balaban J connectivity index is 2.23. The van der Waals surface area contributed by atoms with Crippen LogP contribution in [0.5, 0.6) is 0 Å². The Morgan fingerprint density at radius 1 is 1.08 bits per heavy atom. The minimum Gasteiger partial charge on any atom is -0.354 e. The van der Waals surface area contributed by atoms with Crippen LogP contribution >= 0.6 is 24.2 Å². The SMILES string of the molecule is CCCC(=O)N(CCNC(=O)[C@@H](CS)CC(C)C)Cc1ccc(-c2ccccc2S(=O)(=O)NC(C)=O)c(Cl)c1. The molecular formula is C28H38ClN3O5S2. The van der Waals surface area contributed by atoms with E-state index in [2.05, 4.69) is 31.8 Å². The first-order valence-corrected chi connectivity index (χ1v) is 15.5. The third kappa shape index (κ3) is 9.85. The number of benzene rings is 2. The van der Waals surface area contributed by atoms with Gasteiger partial charge in [-0.15, -0.1) is 0 Å². The van der Waals surface area contributed by atoms with Crippen LogP contribution in [0.1, 0.15) is 52.5 Å². The number of rotatable bonds is 14. The van der Waals surface area contributed by atoms with Crippen LogP contribution in [0.15, 0.2) is 47.4 Å². The van der Waals surface area contributed by atoms with Crippen molar-refractivity contribution in [2.45, 2.75) is 58.4 Å². The number of carbonyl (C=O) groups is 3. The largest absolute Gasteiger partial charge is 0.354 e. The van der Waals surface area contributed by atoms with Crippen LogP contribution in [0.3, 0.4) is 0 Å². The van der Waals surface area contributed by atoms with Gasteiger partial charge in [0.25, 0.3) is 10.0 Å². The molecule has 0 spiro atoms. The molecule has 39 heavy (non-hydrogen) atoms. The Bertz CT molecular complexity index is 1270. The van der Waals surface area contributed by atoms with Crippen molar-refractivity contribution in [2.24, 2.45) is 11.8 Å². The van der Waals surface area contributed by atoms with Crippen molar-refractivity contribution in [1.29, 1.82) is 0 Å². The van der Waals surface area contributed by atoms with Crippen LogP contribution in [-0.2, 0) is 31.0 Å². The molecule has 2 N–H and O–H groups in total. The number of hydrogen-bond donors (Lipinski definition) is 3. The standard InChI is InChI=1S/C28H38ClN3O5S2/c1-5-8-27(34)32(14-13-30-28(35)22(18-38)15-19(2)3)17-21-11-12-23(25(29)16-21)24-9-6-7-10-26(24)39(36,37)31-20(4)33/h6-7,9-12,16,19,22,38H,5,8,13-15,17-18H2,1-4H3,(H,30,35)(H,31,33)/t22-/m1/s1. The van der Waals surface area contributed by atoms with Gasteiger partial charge in [-0.2, -0.15) is 12.6 Å². The van der Waals surface area contributed by atoms with Gasteiger partial charge in [0.2, 0.25) is 17.7 Å². The molecular weight excluding hydrogens is 558 g/mol. The molecule has 8 nitrogen and oxygen atoms in total. The lowest BCUT2D eigenvalue weighted by atomic mass is 9.98. The summed E-state index contributed by atoms with van der Waals surface area (Å²) >= 11 is 10.9. The molecule has 0 fully saturated rings. The summed E-state index contributed by atoms with van der Waals surface area (Å²) in [7, 11) is -4.08. The second-order valence-corrected chi connectivity index (χ2v) is 12.3. The van der Waals surface area contributed by atoms with Crippen LogP contribution < -0.4 is 10.0 Å². The maximum atomic E-state index is 12.8. The molecule has 0 radical (unpaired) electrons. The fraction of sp³-hybridized carbons (Fsp3) is 0.464. The van der Waals surface area contributed by atoms with Crippen molar-refractivity contribution in [1.82, 2.24) is 14.9 Å². The number of halogens is 1. The van der Waals surface area contributed by atoms with Gasteiger partial charge in [-0.25, -0.2) is 13.1 Å². The molecule has 0 aliphatic heterocycles. The fourth-order valence-electron chi connectivity index (χ4n) is 4.22. The minimum absolute atomic E-state index is 0.0355. The molecule has 0 saturated heterocycles. The Labute approximate surface area is 242 Å². The highest BCUT2D eigenvalue weighted by atomic mass is 35.5. The molecule has 0 heterocycles. The first-order chi connectivity index (χ1) is 18.4. The molecule has 2 aromatic rings. The topological polar surface area (TPSA) is 113 Å². The normalized spacial score (nSPS) is 12.2. The van der Waals surface area contributed by atoms with E-state index in [0.717, 1.165) is 18.9 Å². The summed E-state index contributed by atoms with van der Waals surface area (Å²) in [5.41, 5.74) is 1.59. The molecule has 0 saturated carbocycles. The average Bonchev–Trinajstić information content (AvgIpc) is 2.86. The van der Waals surface area contributed by atoms with E-state index in [0.29, 0.717) is 53.8 Å². The zero-order valence-corrected chi connectivity index (χ0v) is 25.3. The molecule has 2 aromatic carbocycles. The minimum atomic E-state index is -4.08. The zero-order valence-electron chi connectivity index (χ0n) is 22.9. The smallest absolute Gasteiger partial charge is 0.264 e. The summed E-state index contributed by atoms with van der Waals surface area (Å²) in [6, 6.07) is 11.5. The van der Waals surface area contributed by atoms with E-state index < -0.39 is 15.9 Å². The molecule has 0 unspecified atom stereocenters. The molecule has 2 rings (SSSR count). The summed E-state index contributed by atoms with van der Waals surface area (Å²) in [5.74, 6) is -0.144. The number of amides is 3. The fourth-order valence-corrected chi connectivity index (χ4v) is 6.05. The second-order valence-electron chi connectivity index (χ2n) is 9.84. The molecule has 0 bridgehead atoms. The van der Waals surface area contributed by atoms with Crippen LogP contribution in [0, 0.1) is 11.8 Å². The first-order valence-electron chi connectivity index (χ1n) is 13.0. The molecule has 0 aliphatic carbocycles. The van der Waals surface area contributed by atoms with Crippen LogP contribution in [0.25, 0.3) is 11.1 Å². The van der Waals surface area contributed by atoms with E-state index in [4.69, 9.17) is 11.6 Å². The van der Waals surface area contributed by atoms with E-state index in [1.54, 1.807) is 41.3 Å². The maximum Gasteiger partial charge on any atom is 0.264 e. The van der Waals surface area contributed by atoms with Crippen molar-refractivity contribution >= 4 is 52.0 Å². The summed E-state index contributed by atoms with van der Waals surface area (Å²) in [6.45, 7) is 8.11. The van der Waals surface area contributed by atoms with Crippen molar-refractivity contribution in [3.63, 3.8) is 0 Å². The highest BCUT2D eigenvalue weighted by Crippen LogP contribution is 2.33. The van der Waals surface area contributed by atoms with Crippen molar-refractivity contribution in [3.05, 3.63) is 53.1 Å². The van der Waals surface area contributed by atoms with Gasteiger partial charge in [0, 0.05) is 60.8 Å². The van der Waals surface area contributed by atoms with Crippen LogP contribution in [0.2, 0.25) is 5.02 Å². The number of nitrogens with zero attached hydrogens (tertiary/aromatic N) is 1. The van der Waals surface area contributed by atoms with Crippen LogP contribution in [0.4, 0.5) is 0 Å². The van der Waals surface area contributed by atoms with Gasteiger partial charge in [-0.3, -0.25) is 14.4 Å². The number of thiol groups is 1. The van der Waals surface area contributed by atoms with Gasteiger partial charge in [-0.05, 0) is 36.5 Å². The van der Waals surface area contributed by atoms with E-state index in [1.165, 1.54) is 6.07 Å². The number of nitrogens with one attached hydrogen (secondary N) is 2. The van der Waals surface area contributed by atoms with E-state index >= 15 is 0 Å². The molecule has 1 atom stereocenters. The number of carbonyl (C=O) groups excluding carboxylic acids is 3. The lowest BCUT2D eigenvalue weighted by molar-refractivity contribution is -0.132. The third-order valence-corrected chi connectivity index (χ3v) is 8.24. The second kappa shape index (κ2) is 15.3. The van der Waals surface area contributed by atoms with Crippen molar-refractivity contribution < 1.29 is 22.8 Å². The quantitative estimate of drug-likeness (QED) is 0.275. The van der Waals surface area contributed by atoms with Crippen molar-refractivity contribution in [2.75, 3.05) is 18.8 Å². The maximum absolute atomic E-state index is 12.8. The molecule has 0 aromatic heterocycles. The number of sulfonamides is 1. The number of hydrogen-bond acceptors (Lipinski definition) is 6. The van der Waals surface area contributed by atoms with Gasteiger partial charge < -0.3 is 10.2 Å². The predicted octanol–water partition coefficient (Wildman–Crippen LogP) is 4.67. The summed E-state index contributed by atoms with van der Waals surface area (Å²) in [5, 5.41) is 3.24. The molecule has 214 valence electrons. The van der Waals surface area contributed by atoms with Gasteiger partial charge in [0.1, 0.15) is 0 Å². The van der Waals surface area contributed by atoms with Crippen molar-refractivity contribution in [3.8, 4) is 11.1 Å². The summed E-state index contributed by atoms with van der Waals surface area (Å²) in [4.78, 5) is 38.5. The lowest BCUT2D eigenvalue weighted by Crippen LogP contribution is -2.40. The summed E-state index contributed by atoms with van der Waals surface area (Å²) < 4.78 is 27.4. The van der Waals surface area contributed by atoms with E-state index in [-0.39, 0.29) is 29.2 Å². The predicted molar refractivity (Wildman–Crippen MR) is 158 cm³/mol. The highest BCUT2D eigenvalue weighted by Gasteiger charge is 2.22. The third-order valence-electron chi connectivity index (χ3n) is 6.00. The molecule has 3 amide bonds. The van der Waals surface area contributed by atoms with Gasteiger partial charge in [0.05, 0.1) is 4.90 Å². The lowest BCUT2D eigenvalue weighted by Gasteiger charge is -2.24. The van der Waals surface area contributed by atoms with E-state index in [1.807, 2.05) is 11.6 Å². The first kappa shape index (κ1) is 32.7. The van der Waals surface area contributed by atoms with Gasteiger partial charge in [0.15, 0.2) is 0 Å². The zero-order chi connectivity index (χ0) is 29.2. The van der Waals surface area contributed by atoms with Gasteiger partial charge >= 0.3 is 0 Å². The Morgan fingerprint density at radius 2 is 1.77 bits per heavy atom. The highest BCUT2D eigenvalue weighted by molar-refractivity contribution is 7.90. The monoisotopic (exact) mass is 595 g/mol. The average molecular weight is 596 g/mol. The van der Waals surface area contributed by atoms with Gasteiger partial charge in [-0.1, -0.05) is 62.7 Å². The Kier molecular flexibility index (Phi) is 12.8. The molecule has 0 aliphatic rings. The molecule has 11 heteroatoms. The Morgan fingerprint density at radius 3 is 2.36 bits per heavy atom. The van der Waals surface area contributed by atoms with Crippen LogP contribution in [-0.4, -0.2) is 49.9 Å².